The van der Waals surface area contributed by atoms with Gasteiger partial charge in [0.1, 0.15) is 5.69 Å². The highest BCUT2D eigenvalue weighted by Gasteiger charge is 2.30. The van der Waals surface area contributed by atoms with Crippen LogP contribution in [0.3, 0.4) is 0 Å². The van der Waals surface area contributed by atoms with Crippen molar-refractivity contribution in [3.8, 4) is 0 Å². The summed E-state index contributed by atoms with van der Waals surface area (Å²) in [7, 11) is 0. The Morgan fingerprint density at radius 1 is 1.35 bits per heavy atom. The van der Waals surface area contributed by atoms with Crippen molar-refractivity contribution in [1.82, 2.24) is 9.88 Å². The van der Waals surface area contributed by atoms with E-state index in [4.69, 9.17) is 10.5 Å². The molecular weight excluding hydrogens is 298 g/mol. The molecule has 1 aliphatic heterocycles. The van der Waals surface area contributed by atoms with Gasteiger partial charge in [-0.2, -0.15) is 0 Å². The molecule has 1 unspecified atom stereocenters. The molecule has 7 heteroatoms. The highest BCUT2D eigenvalue weighted by molar-refractivity contribution is 6.00. The summed E-state index contributed by atoms with van der Waals surface area (Å²) < 4.78 is 5.03. The average molecular weight is 321 g/mol. The van der Waals surface area contributed by atoms with E-state index in [1.807, 2.05) is 0 Å². The summed E-state index contributed by atoms with van der Waals surface area (Å²) in [6.07, 6.45) is 1.44. The number of aryl methyl sites for hydroxylation is 1. The number of nitrogens with two attached hydrogens (primary N) is 1. The molecule has 23 heavy (non-hydrogen) atoms. The molecule has 1 aromatic heterocycles. The molecule has 0 spiro atoms. The fraction of sp³-hybridized carbons (Fsp3) is 0.562. The first-order valence-electron chi connectivity index (χ1n) is 7.81. The van der Waals surface area contributed by atoms with Crippen LogP contribution in [0.4, 0.5) is 0 Å². The second kappa shape index (κ2) is 6.85. The van der Waals surface area contributed by atoms with E-state index in [9.17, 15) is 14.4 Å². The van der Waals surface area contributed by atoms with E-state index in [1.54, 1.807) is 25.7 Å². The zero-order valence-electron chi connectivity index (χ0n) is 13.8. The normalized spacial score (nSPS) is 17.9. The summed E-state index contributed by atoms with van der Waals surface area (Å²) in [5, 5.41) is 0. The quantitative estimate of drug-likeness (QED) is 0.811. The largest absolute Gasteiger partial charge is 0.462 e. The van der Waals surface area contributed by atoms with Crippen LogP contribution in [0.15, 0.2) is 0 Å². The van der Waals surface area contributed by atoms with Gasteiger partial charge in [-0.25, -0.2) is 4.79 Å². The maximum absolute atomic E-state index is 12.7. The Kier molecular flexibility index (Phi) is 5.08. The van der Waals surface area contributed by atoms with E-state index >= 15 is 0 Å². The van der Waals surface area contributed by atoms with Crippen LogP contribution >= 0.6 is 0 Å². The number of nitrogens with zero attached hydrogens (tertiary/aromatic N) is 1. The molecular formula is C16H23N3O4. The predicted octanol–water partition coefficient (Wildman–Crippen LogP) is 1.15. The number of piperidine rings is 1. The Bertz CT molecular complexity index is 636. The molecule has 2 rings (SSSR count). The summed E-state index contributed by atoms with van der Waals surface area (Å²) in [5.74, 6) is -1.35. The number of esters is 1. The lowest BCUT2D eigenvalue weighted by Crippen LogP contribution is -2.44. The summed E-state index contributed by atoms with van der Waals surface area (Å²) in [5.41, 5.74) is 7.31. The molecule has 1 aliphatic rings. The lowest BCUT2D eigenvalue weighted by Gasteiger charge is -2.31. The van der Waals surface area contributed by atoms with Crippen LogP contribution in [-0.4, -0.2) is 47.4 Å². The first-order chi connectivity index (χ1) is 10.9. The fourth-order valence-corrected chi connectivity index (χ4v) is 3.03. The van der Waals surface area contributed by atoms with Gasteiger partial charge >= 0.3 is 5.97 Å². The molecule has 0 radical (unpaired) electrons. The number of aromatic nitrogens is 1. The van der Waals surface area contributed by atoms with Gasteiger partial charge < -0.3 is 20.4 Å². The second-order valence-corrected chi connectivity index (χ2v) is 5.84. The van der Waals surface area contributed by atoms with Gasteiger partial charge in [-0.3, -0.25) is 9.59 Å². The first-order valence-corrected chi connectivity index (χ1v) is 7.81. The number of likely N-dealkylation sites (tertiary alicyclic amines) is 1. The van der Waals surface area contributed by atoms with Gasteiger partial charge in [-0.05, 0) is 39.2 Å². The molecule has 7 nitrogen and oxygen atoms in total. The van der Waals surface area contributed by atoms with E-state index < -0.39 is 5.97 Å². The minimum atomic E-state index is -0.438. The number of ether oxygens (including phenoxy) is 1. The third-order valence-corrected chi connectivity index (χ3v) is 4.24. The van der Waals surface area contributed by atoms with Gasteiger partial charge in [-0.15, -0.1) is 0 Å². The van der Waals surface area contributed by atoms with Crippen molar-refractivity contribution < 1.29 is 19.1 Å². The van der Waals surface area contributed by atoms with Crippen molar-refractivity contribution in [3.63, 3.8) is 0 Å². The molecule has 0 saturated carbocycles. The molecule has 2 heterocycles. The van der Waals surface area contributed by atoms with Crippen LogP contribution in [0.1, 0.15) is 51.9 Å². The summed E-state index contributed by atoms with van der Waals surface area (Å²) >= 11 is 0. The monoisotopic (exact) mass is 321 g/mol. The lowest BCUT2D eigenvalue weighted by molar-refractivity contribution is -0.123. The van der Waals surface area contributed by atoms with Gasteiger partial charge in [0.2, 0.25) is 5.91 Å². The number of rotatable bonds is 4. The van der Waals surface area contributed by atoms with Crippen molar-refractivity contribution >= 4 is 17.8 Å². The third kappa shape index (κ3) is 3.38. The zero-order chi connectivity index (χ0) is 17.1. The summed E-state index contributed by atoms with van der Waals surface area (Å²) in [6, 6.07) is 0. The average Bonchev–Trinajstić information content (AvgIpc) is 2.81. The number of hydrogen-bond donors (Lipinski definition) is 2. The SMILES string of the molecule is CCOC(=O)c1c(C)[nH]c(C(=O)N2CCCC(C(N)=O)C2)c1C. The molecule has 0 aliphatic carbocycles. The van der Waals surface area contributed by atoms with E-state index in [1.165, 1.54) is 0 Å². The van der Waals surface area contributed by atoms with Crippen LogP contribution in [0, 0.1) is 19.8 Å². The van der Waals surface area contributed by atoms with Crippen molar-refractivity contribution in [2.75, 3.05) is 19.7 Å². The summed E-state index contributed by atoms with van der Waals surface area (Å²) in [6.45, 7) is 6.36. The fourth-order valence-electron chi connectivity index (χ4n) is 3.03. The number of nitrogens with one attached hydrogen (secondary N) is 1. The van der Waals surface area contributed by atoms with Crippen molar-refractivity contribution in [2.45, 2.75) is 33.6 Å². The number of hydrogen-bond acceptors (Lipinski definition) is 4. The van der Waals surface area contributed by atoms with Crippen molar-refractivity contribution in [1.29, 1.82) is 0 Å². The Balaban J connectivity index is 2.24. The molecule has 1 fully saturated rings. The minimum Gasteiger partial charge on any atom is -0.462 e. The predicted molar refractivity (Wildman–Crippen MR) is 84.0 cm³/mol. The highest BCUT2D eigenvalue weighted by Crippen LogP contribution is 2.23. The smallest absolute Gasteiger partial charge is 0.340 e. The zero-order valence-corrected chi connectivity index (χ0v) is 13.8. The lowest BCUT2D eigenvalue weighted by atomic mass is 9.97. The number of carbonyl (C=O) groups excluding carboxylic acids is 3. The number of aromatic amines is 1. The van der Waals surface area contributed by atoms with Crippen LogP contribution in [0.2, 0.25) is 0 Å². The van der Waals surface area contributed by atoms with Crippen LogP contribution < -0.4 is 5.73 Å². The maximum Gasteiger partial charge on any atom is 0.340 e. The Morgan fingerprint density at radius 3 is 2.65 bits per heavy atom. The van der Waals surface area contributed by atoms with Gasteiger partial charge in [0.25, 0.3) is 5.91 Å². The number of amides is 2. The van der Waals surface area contributed by atoms with Crippen LogP contribution in [0.25, 0.3) is 0 Å². The van der Waals surface area contributed by atoms with Gasteiger partial charge in [0, 0.05) is 18.8 Å². The van der Waals surface area contributed by atoms with Gasteiger partial charge in [-0.1, -0.05) is 0 Å². The van der Waals surface area contributed by atoms with Gasteiger partial charge in [0.15, 0.2) is 0 Å². The molecule has 126 valence electrons. The maximum atomic E-state index is 12.7. The van der Waals surface area contributed by atoms with Crippen LogP contribution in [-0.2, 0) is 9.53 Å². The van der Waals surface area contributed by atoms with E-state index in [0.717, 1.165) is 6.42 Å². The Labute approximate surface area is 135 Å². The molecule has 1 atom stereocenters. The van der Waals surface area contributed by atoms with E-state index in [-0.39, 0.29) is 24.3 Å². The molecule has 0 bridgehead atoms. The molecule has 1 saturated heterocycles. The topological polar surface area (TPSA) is 105 Å². The number of H-pyrrole nitrogens is 1. The molecule has 1 aromatic rings. The highest BCUT2D eigenvalue weighted by atomic mass is 16.5. The summed E-state index contributed by atoms with van der Waals surface area (Å²) in [4.78, 5) is 40.7. The Morgan fingerprint density at radius 2 is 2.04 bits per heavy atom. The molecule has 0 aromatic carbocycles. The Hall–Kier alpha value is -2.31. The standard InChI is InChI=1S/C16H23N3O4/c1-4-23-16(22)12-9(2)13(18-10(12)3)15(21)19-7-5-6-11(8-19)14(17)20/h11,18H,4-8H2,1-3H3,(H2,17,20). The third-order valence-electron chi connectivity index (χ3n) is 4.24. The minimum absolute atomic E-state index is 0.216. The van der Waals surface area contributed by atoms with Crippen LogP contribution in [0.5, 0.6) is 0 Å². The number of primary amides is 1. The van der Waals surface area contributed by atoms with E-state index in [0.29, 0.717) is 42.0 Å². The number of carbonyl (C=O) groups is 3. The molecule has 3 N–H and O–H groups in total. The van der Waals surface area contributed by atoms with Crippen molar-refractivity contribution in [3.05, 3.63) is 22.5 Å². The first kappa shape index (κ1) is 17.1. The van der Waals surface area contributed by atoms with E-state index in [2.05, 4.69) is 4.98 Å². The molecule has 2 amide bonds. The van der Waals surface area contributed by atoms with Crippen molar-refractivity contribution in [2.24, 2.45) is 11.7 Å². The van der Waals surface area contributed by atoms with Gasteiger partial charge in [0.05, 0.1) is 18.1 Å². The second-order valence-electron chi connectivity index (χ2n) is 5.84.